The second-order valence-electron chi connectivity index (χ2n) is 4.61. The zero-order valence-electron chi connectivity index (χ0n) is 11.6. The zero-order chi connectivity index (χ0) is 14.3. The maximum atomic E-state index is 10.9. The first kappa shape index (κ1) is 15.3. The van der Waals surface area contributed by atoms with E-state index in [2.05, 4.69) is 5.32 Å². The van der Waals surface area contributed by atoms with E-state index in [4.69, 9.17) is 14.6 Å². The molecule has 0 unspecified atom stereocenters. The van der Waals surface area contributed by atoms with Gasteiger partial charge in [-0.2, -0.15) is 0 Å². The van der Waals surface area contributed by atoms with Gasteiger partial charge in [-0.3, -0.25) is 10.1 Å². The Hall–Kier alpha value is -1.75. The number of rotatable bonds is 8. The van der Waals surface area contributed by atoms with E-state index in [-0.39, 0.29) is 0 Å². The van der Waals surface area contributed by atoms with Gasteiger partial charge in [0.25, 0.3) is 0 Å². The van der Waals surface area contributed by atoms with Crippen LogP contribution < -0.4 is 14.8 Å². The van der Waals surface area contributed by atoms with Gasteiger partial charge in [0.05, 0.1) is 6.61 Å². The Morgan fingerprint density at radius 1 is 1.21 bits per heavy atom. The smallest absolute Gasteiger partial charge is 0.323 e. The van der Waals surface area contributed by atoms with Crippen LogP contribution in [0.3, 0.4) is 0 Å². The van der Waals surface area contributed by atoms with Gasteiger partial charge < -0.3 is 14.6 Å². The van der Waals surface area contributed by atoms with Crippen molar-refractivity contribution in [1.82, 2.24) is 5.32 Å². The summed E-state index contributed by atoms with van der Waals surface area (Å²) in [6.07, 6.45) is 0. The van der Waals surface area contributed by atoms with Gasteiger partial charge in [-0.05, 0) is 45.0 Å². The lowest BCUT2D eigenvalue weighted by Gasteiger charge is -2.20. The predicted molar refractivity (Wildman–Crippen MR) is 72.8 cm³/mol. The molecule has 1 aromatic carbocycles. The molecule has 0 radical (unpaired) electrons. The quantitative estimate of drug-likeness (QED) is 0.704. The third kappa shape index (κ3) is 5.18. The predicted octanol–water partition coefficient (Wildman–Crippen LogP) is 1.92. The van der Waals surface area contributed by atoms with Gasteiger partial charge in [-0.1, -0.05) is 0 Å². The van der Waals surface area contributed by atoms with Crippen molar-refractivity contribution in [2.75, 3.05) is 19.8 Å². The molecule has 0 aromatic heterocycles. The highest BCUT2D eigenvalue weighted by molar-refractivity contribution is 5.77. The summed E-state index contributed by atoms with van der Waals surface area (Å²) in [6, 6.07) is 7.33. The Kier molecular flexibility index (Phi) is 5.63. The van der Waals surface area contributed by atoms with Gasteiger partial charge in [0.15, 0.2) is 0 Å². The first-order chi connectivity index (χ1) is 8.95. The third-order valence-corrected chi connectivity index (χ3v) is 2.61. The molecule has 0 heterocycles. The number of aliphatic carboxylic acids is 1. The highest BCUT2D eigenvalue weighted by atomic mass is 16.5. The molecule has 0 aliphatic carbocycles. The van der Waals surface area contributed by atoms with Crippen molar-refractivity contribution in [3.05, 3.63) is 24.3 Å². The number of ether oxygens (including phenoxy) is 2. The molecule has 1 rings (SSSR count). The van der Waals surface area contributed by atoms with Gasteiger partial charge in [0.1, 0.15) is 23.6 Å². The fourth-order valence-corrected chi connectivity index (χ4v) is 1.41. The standard InChI is InChI=1S/C14H21NO4/c1-4-18-11-5-7-12(8-6-11)19-10-9-15-14(2,3)13(16)17/h5-8,15H,4,9-10H2,1-3H3,(H,16,17). The SMILES string of the molecule is CCOc1ccc(OCCNC(C)(C)C(=O)O)cc1. The lowest BCUT2D eigenvalue weighted by molar-refractivity contribution is -0.143. The summed E-state index contributed by atoms with van der Waals surface area (Å²) in [6.45, 7) is 6.67. The van der Waals surface area contributed by atoms with E-state index in [1.807, 2.05) is 31.2 Å². The van der Waals surface area contributed by atoms with Crippen LogP contribution in [0.2, 0.25) is 0 Å². The Bertz CT molecular complexity index is 400. The van der Waals surface area contributed by atoms with Crippen LogP contribution in [0.1, 0.15) is 20.8 Å². The van der Waals surface area contributed by atoms with Crippen molar-refractivity contribution in [3.8, 4) is 11.5 Å². The van der Waals surface area contributed by atoms with Gasteiger partial charge in [-0.15, -0.1) is 0 Å². The van der Waals surface area contributed by atoms with Crippen LogP contribution in [0.25, 0.3) is 0 Å². The van der Waals surface area contributed by atoms with E-state index in [9.17, 15) is 4.79 Å². The molecule has 106 valence electrons. The van der Waals surface area contributed by atoms with Crippen LogP contribution >= 0.6 is 0 Å². The maximum absolute atomic E-state index is 10.9. The number of hydrogen-bond acceptors (Lipinski definition) is 4. The van der Waals surface area contributed by atoms with Crippen molar-refractivity contribution in [1.29, 1.82) is 0 Å². The van der Waals surface area contributed by atoms with Crippen LogP contribution in [0.4, 0.5) is 0 Å². The van der Waals surface area contributed by atoms with E-state index < -0.39 is 11.5 Å². The van der Waals surface area contributed by atoms with Crippen molar-refractivity contribution in [2.24, 2.45) is 0 Å². The topological polar surface area (TPSA) is 67.8 Å². The second-order valence-corrected chi connectivity index (χ2v) is 4.61. The third-order valence-electron chi connectivity index (χ3n) is 2.61. The summed E-state index contributed by atoms with van der Waals surface area (Å²) >= 11 is 0. The number of carboxylic acid groups (broad SMARTS) is 1. The molecule has 19 heavy (non-hydrogen) atoms. The lowest BCUT2D eigenvalue weighted by atomic mass is 10.1. The van der Waals surface area contributed by atoms with Gasteiger partial charge in [-0.25, -0.2) is 0 Å². The van der Waals surface area contributed by atoms with Gasteiger partial charge in [0.2, 0.25) is 0 Å². The Morgan fingerprint density at radius 2 is 1.74 bits per heavy atom. The van der Waals surface area contributed by atoms with E-state index in [0.717, 1.165) is 11.5 Å². The maximum Gasteiger partial charge on any atom is 0.323 e. The first-order valence-corrected chi connectivity index (χ1v) is 6.30. The molecule has 0 spiro atoms. The normalized spacial score (nSPS) is 11.1. The molecule has 0 aliphatic heterocycles. The van der Waals surface area contributed by atoms with Crippen molar-refractivity contribution in [2.45, 2.75) is 26.3 Å². The number of carboxylic acids is 1. The lowest BCUT2D eigenvalue weighted by Crippen LogP contribution is -2.48. The minimum Gasteiger partial charge on any atom is -0.494 e. The second kappa shape index (κ2) is 6.99. The molecular weight excluding hydrogens is 246 g/mol. The van der Waals surface area contributed by atoms with E-state index in [1.165, 1.54) is 0 Å². The summed E-state index contributed by atoms with van der Waals surface area (Å²) in [5.74, 6) is 0.659. The summed E-state index contributed by atoms with van der Waals surface area (Å²) in [5, 5.41) is 11.8. The van der Waals surface area contributed by atoms with Crippen molar-refractivity contribution < 1.29 is 19.4 Å². The minimum atomic E-state index is -0.942. The Labute approximate surface area is 113 Å². The largest absolute Gasteiger partial charge is 0.494 e. The molecule has 1 aromatic rings. The highest BCUT2D eigenvalue weighted by Crippen LogP contribution is 2.17. The Morgan fingerprint density at radius 3 is 2.21 bits per heavy atom. The van der Waals surface area contributed by atoms with Crippen LogP contribution in [0.5, 0.6) is 11.5 Å². The highest BCUT2D eigenvalue weighted by Gasteiger charge is 2.25. The Balaban J connectivity index is 2.31. The molecule has 0 saturated carbocycles. The molecule has 0 amide bonds. The molecule has 0 fully saturated rings. The number of hydrogen-bond donors (Lipinski definition) is 2. The van der Waals surface area contributed by atoms with Crippen LogP contribution in [0, 0.1) is 0 Å². The molecule has 0 saturated heterocycles. The molecule has 0 aliphatic rings. The summed E-state index contributed by atoms with van der Waals surface area (Å²) in [5.41, 5.74) is -0.942. The van der Waals surface area contributed by atoms with Crippen molar-refractivity contribution >= 4 is 5.97 Å². The van der Waals surface area contributed by atoms with Gasteiger partial charge in [0, 0.05) is 6.54 Å². The number of carbonyl (C=O) groups is 1. The fraction of sp³-hybridized carbons (Fsp3) is 0.500. The molecule has 0 bridgehead atoms. The average Bonchev–Trinajstić information content (AvgIpc) is 2.37. The van der Waals surface area contributed by atoms with Crippen molar-refractivity contribution in [3.63, 3.8) is 0 Å². The monoisotopic (exact) mass is 267 g/mol. The molecule has 5 heteroatoms. The number of nitrogens with one attached hydrogen (secondary N) is 1. The molecular formula is C14H21NO4. The molecule has 2 N–H and O–H groups in total. The summed E-state index contributed by atoms with van der Waals surface area (Å²) in [7, 11) is 0. The average molecular weight is 267 g/mol. The molecule has 0 atom stereocenters. The van der Waals surface area contributed by atoms with E-state index in [0.29, 0.717) is 19.8 Å². The summed E-state index contributed by atoms with van der Waals surface area (Å²) < 4.78 is 10.8. The zero-order valence-corrected chi connectivity index (χ0v) is 11.6. The van der Waals surface area contributed by atoms with Crippen LogP contribution in [-0.2, 0) is 4.79 Å². The van der Waals surface area contributed by atoms with E-state index >= 15 is 0 Å². The van der Waals surface area contributed by atoms with Crippen LogP contribution in [0.15, 0.2) is 24.3 Å². The number of benzene rings is 1. The summed E-state index contributed by atoms with van der Waals surface area (Å²) in [4.78, 5) is 10.9. The fourth-order valence-electron chi connectivity index (χ4n) is 1.41. The van der Waals surface area contributed by atoms with Crippen LogP contribution in [-0.4, -0.2) is 36.4 Å². The van der Waals surface area contributed by atoms with Gasteiger partial charge >= 0.3 is 5.97 Å². The van der Waals surface area contributed by atoms with E-state index in [1.54, 1.807) is 13.8 Å². The molecule has 5 nitrogen and oxygen atoms in total. The first-order valence-electron chi connectivity index (χ1n) is 6.30. The minimum absolute atomic E-state index is 0.407.